The maximum absolute atomic E-state index is 12.0. The molecule has 134 valence electrons. The van der Waals surface area contributed by atoms with E-state index < -0.39 is 30.7 Å². The molecule has 24 heavy (non-hydrogen) atoms. The summed E-state index contributed by atoms with van der Waals surface area (Å²) >= 11 is 0. The van der Waals surface area contributed by atoms with Gasteiger partial charge in [0.25, 0.3) is 5.91 Å². The number of carbonyl (C=O) groups excluding carboxylic acids is 2. The molecule has 1 rings (SSSR count). The van der Waals surface area contributed by atoms with Crippen LogP contribution in [0.1, 0.15) is 24.5 Å². The number of rotatable bonds is 7. The van der Waals surface area contributed by atoms with Crippen LogP contribution in [0, 0.1) is 13.8 Å². The van der Waals surface area contributed by atoms with Crippen molar-refractivity contribution >= 4 is 17.6 Å². The molecule has 0 heterocycles. The lowest BCUT2D eigenvalue weighted by Gasteiger charge is -2.15. The van der Waals surface area contributed by atoms with Crippen molar-refractivity contribution in [3.8, 4) is 0 Å². The Bertz CT molecular complexity index is 588. The first-order chi connectivity index (χ1) is 11.1. The first-order valence-corrected chi connectivity index (χ1v) is 7.43. The lowest BCUT2D eigenvalue weighted by Crippen LogP contribution is -2.33. The van der Waals surface area contributed by atoms with Gasteiger partial charge in [-0.1, -0.05) is 17.7 Å². The molecule has 0 spiro atoms. The zero-order valence-corrected chi connectivity index (χ0v) is 13.8. The van der Waals surface area contributed by atoms with Crippen LogP contribution in [0.5, 0.6) is 0 Å². The molecular weight excluding hydrogens is 325 g/mol. The number of esters is 1. The predicted octanol–water partition coefficient (Wildman–Crippen LogP) is 2.72. The van der Waals surface area contributed by atoms with E-state index in [0.717, 1.165) is 11.1 Å². The van der Waals surface area contributed by atoms with Crippen LogP contribution in [0.4, 0.5) is 18.9 Å². The average Bonchev–Trinajstić information content (AvgIpc) is 2.45. The summed E-state index contributed by atoms with van der Waals surface area (Å²) in [4.78, 5) is 23.5. The van der Waals surface area contributed by atoms with Gasteiger partial charge in [-0.05, 0) is 32.4 Å². The minimum Gasteiger partial charge on any atom is -0.452 e. The van der Waals surface area contributed by atoms with Crippen LogP contribution in [0.2, 0.25) is 0 Å². The van der Waals surface area contributed by atoms with Gasteiger partial charge in [-0.15, -0.1) is 0 Å². The summed E-state index contributed by atoms with van der Waals surface area (Å²) in [5, 5.41) is 4.73. The minimum absolute atomic E-state index is 0.177. The summed E-state index contributed by atoms with van der Waals surface area (Å²) in [7, 11) is 0. The fourth-order valence-electron chi connectivity index (χ4n) is 1.92. The molecule has 0 saturated carbocycles. The van der Waals surface area contributed by atoms with Crippen molar-refractivity contribution in [3.63, 3.8) is 0 Å². The molecule has 0 saturated heterocycles. The van der Waals surface area contributed by atoms with E-state index in [9.17, 15) is 22.8 Å². The number of ether oxygens (including phenoxy) is 1. The fraction of sp³-hybridized carbons (Fsp3) is 0.500. The average molecular weight is 346 g/mol. The lowest BCUT2D eigenvalue weighted by molar-refractivity contribution is -0.153. The van der Waals surface area contributed by atoms with Gasteiger partial charge in [0, 0.05) is 12.2 Å². The third-order valence-corrected chi connectivity index (χ3v) is 3.15. The first-order valence-electron chi connectivity index (χ1n) is 7.43. The van der Waals surface area contributed by atoms with Gasteiger partial charge in [-0.3, -0.25) is 9.59 Å². The highest BCUT2D eigenvalue weighted by Crippen LogP contribution is 2.16. The van der Waals surface area contributed by atoms with Crippen molar-refractivity contribution < 1.29 is 27.5 Å². The first kappa shape index (κ1) is 20.0. The van der Waals surface area contributed by atoms with Crippen LogP contribution >= 0.6 is 0 Å². The number of nitrogens with one attached hydrogen (secondary N) is 2. The molecule has 5 nitrogen and oxygen atoms in total. The van der Waals surface area contributed by atoms with Crippen LogP contribution < -0.4 is 10.6 Å². The molecule has 0 bridgehead atoms. The predicted molar refractivity (Wildman–Crippen MR) is 83.6 cm³/mol. The molecule has 0 radical (unpaired) electrons. The number of halogens is 3. The summed E-state index contributed by atoms with van der Waals surface area (Å²) in [5.41, 5.74) is 2.54. The number of benzene rings is 1. The zero-order valence-electron chi connectivity index (χ0n) is 13.8. The van der Waals surface area contributed by atoms with Crippen molar-refractivity contribution in [3.05, 3.63) is 29.3 Å². The van der Waals surface area contributed by atoms with Crippen LogP contribution in [-0.2, 0) is 14.3 Å². The molecule has 0 aromatic heterocycles. The second kappa shape index (κ2) is 8.68. The molecule has 0 aliphatic carbocycles. The summed E-state index contributed by atoms with van der Waals surface area (Å²) in [6.45, 7) is 3.81. The van der Waals surface area contributed by atoms with Crippen LogP contribution in [0.3, 0.4) is 0 Å². The molecule has 1 aromatic rings. The van der Waals surface area contributed by atoms with Crippen molar-refractivity contribution in [2.75, 3.05) is 18.4 Å². The number of hydrogen-bond donors (Lipinski definition) is 2. The quantitative estimate of drug-likeness (QED) is 0.588. The van der Waals surface area contributed by atoms with E-state index in [0.29, 0.717) is 5.69 Å². The summed E-state index contributed by atoms with van der Waals surface area (Å²) in [6, 6.07) is 5.49. The van der Waals surface area contributed by atoms with Gasteiger partial charge in [-0.2, -0.15) is 13.2 Å². The van der Waals surface area contributed by atoms with Gasteiger partial charge in [0.2, 0.25) is 0 Å². The van der Waals surface area contributed by atoms with Crippen LogP contribution in [0.15, 0.2) is 18.2 Å². The van der Waals surface area contributed by atoms with E-state index in [2.05, 4.69) is 10.6 Å². The zero-order chi connectivity index (χ0) is 18.3. The standard InChI is InChI=1S/C16H21F3N2O3/c1-10-4-5-13(11(2)8-10)21-15(23)12(3)24-14(22)6-7-20-9-16(17,18)19/h4-5,8,12,20H,6-7,9H2,1-3H3,(H,21,23). The van der Waals surface area contributed by atoms with E-state index in [1.165, 1.54) is 6.92 Å². The lowest BCUT2D eigenvalue weighted by atomic mass is 10.1. The van der Waals surface area contributed by atoms with Crippen molar-refractivity contribution in [1.82, 2.24) is 5.32 Å². The van der Waals surface area contributed by atoms with Crippen LogP contribution in [0.25, 0.3) is 0 Å². The highest BCUT2D eigenvalue weighted by Gasteiger charge is 2.26. The van der Waals surface area contributed by atoms with Crippen molar-refractivity contribution in [2.45, 2.75) is 39.5 Å². The summed E-state index contributed by atoms with van der Waals surface area (Å²) in [6.07, 6.45) is -5.62. The van der Waals surface area contributed by atoms with Gasteiger partial charge in [0.05, 0.1) is 13.0 Å². The monoisotopic (exact) mass is 346 g/mol. The number of aryl methyl sites for hydroxylation is 2. The molecule has 0 aliphatic rings. The Balaban J connectivity index is 2.39. The Morgan fingerprint density at radius 3 is 2.50 bits per heavy atom. The summed E-state index contributed by atoms with van der Waals surface area (Å²) < 4.78 is 40.7. The van der Waals surface area contributed by atoms with Gasteiger partial charge < -0.3 is 15.4 Å². The third-order valence-electron chi connectivity index (χ3n) is 3.15. The van der Waals surface area contributed by atoms with Gasteiger partial charge in [0.1, 0.15) is 0 Å². The van der Waals surface area contributed by atoms with E-state index in [4.69, 9.17) is 4.74 Å². The highest BCUT2D eigenvalue weighted by molar-refractivity contribution is 5.95. The van der Waals surface area contributed by atoms with Crippen molar-refractivity contribution in [1.29, 1.82) is 0 Å². The normalized spacial score (nSPS) is 12.6. The second-order valence-electron chi connectivity index (χ2n) is 5.48. The number of amides is 1. The Morgan fingerprint density at radius 1 is 1.25 bits per heavy atom. The Hall–Kier alpha value is -2.09. The maximum Gasteiger partial charge on any atom is 0.401 e. The number of alkyl halides is 3. The van der Waals surface area contributed by atoms with E-state index in [1.807, 2.05) is 26.0 Å². The molecule has 1 unspecified atom stereocenters. The fourth-order valence-corrected chi connectivity index (χ4v) is 1.92. The van der Waals surface area contributed by atoms with Crippen LogP contribution in [-0.4, -0.2) is 37.2 Å². The molecule has 0 aliphatic heterocycles. The largest absolute Gasteiger partial charge is 0.452 e. The SMILES string of the molecule is Cc1ccc(NC(=O)C(C)OC(=O)CCNCC(F)(F)F)c(C)c1. The Kier molecular flexibility index (Phi) is 7.21. The smallest absolute Gasteiger partial charge is 0.401 e. The molecule has 1 atom stereocenters. The van der Waals surface area contributed by atoms with Gasteiger partial charge >= 0.3 is 12.1 Å². The molecular formula is C16H21F3N2O3. The molecule has 2 N–H and O–H groups in total. The van der Waals surface area contributed by atoms with Gasteiger partial charge in [0.15, 0.2) is 6.10 Å². The summed E-state index contributed by atoms with van der Waals surface area (Å²) in [5.74, 6) is -1.24. The number of anilines is 1. The third kappa shape index (κ3) is 7.45. The Labute approximate surface area is 138 Å². The van der Waals surface area contributed by atoms with E-state index in [-0.39, 0.29) is 13.0 Å². The maximum atomic E-state index is 12.0. The van der Waals surface area contributed by atoms with Gasteiger partial charge in [-0.25, -0.2) is 0 Å². The molecule has 8 heteroatoms. The molecule has 1 amide bonds. The van der Waals surface area contributed by atoms with E-state index >= 15 is 0 Å². The highest BCUT2D eigenvalue weighted by atomic mass is 19.4. The number of hydrogen-bond acceptors (Lipinski definition) is 4. The van der Waals surface area contributed by atoms with Crippen molar-refractivity contribution in [2.24, 2.45) is 0 Å². The minimum atomic E-state index is -4.33. The molecule has 0 fully saturated rings. The topological polar surface area (TPSA) is 67.4 Å². The Morgan fingerprint density at radius 2 is 1.92 bits per heavy atom. The van der Waals surface area contributed by atoms with E-state index in [1.54, 1.807) is 6.07 Å². The second-order valence-corrected chi connectivity index (χ2v) is 5.48. The number of carbonyl (C=O) groups is 2. The molecule has 1 aromatic carbocycles.